The lowest BCUT2D eigenvalue weighted by Crippen LogP contribution is -2.29. The number of unbranched alkanes of at least 4 members (excludes halogenated alkanes) is 22. The highest BCUT2D eigenvalue weighted by Crippen LogP contribution is 2.14. The number of nitrogens with zero attached hydrogens (tertiary/aromatic N) is 1. The van der Waals surface area contributed by atoms with Crippen LogP contribution in [0.3, 0.4) is 0 Å². The van der Waals surface area contributed by atoms with Crippen molar-refractivity contribution in [3.8, 4) is 0 Å². The molecule has 35 heavy (non-hydrogen) atoms. The molecule has 0 rings (SSSR count). The maximum absolute atomic E-state index is 12.5. The van der Waals surface area contributed by atoms with Crippen LogP contribution in [-0.2, 0) is 9.63 Å². The van der Waals surface area contributed by atoms with E-state index in [4.69, 9.17) is 4.84 Å². The summed E-state index contributed by atoms with van der Waals surface area (Å²) in [5, 5.41) is 2.00. The number of hydrogen-bond acceptors (Lipinski definition) is 3. The van der Waals surface area contributed by atoms with Crippen LogP contribution in [0.25, 0.3) is 0 Å². The molecule has 0 aromatic rings. The van der Waals surface area contributed by atoms with Gasteiger partial charge in [0.15, 0.2) is 0 Å². The van der Waals surface area contributed by atoms with E-state index in [1.165, 1.54) is 141 Å². The Morgan fingerprint density at radius 1 is 0.429 bits per heavy atom. The zero-order valence-corrected chi connectivity index (χ0v) is 24.6. The molecule has 0 fully saturated rings. The van der Waals surface area contributed by atoms with Gasteiger partial charge in [-0.1, -0.05) is 162 Å². The molecule has 0 aromatic carbocycles. The van der Waals surface area contributed by atoms with E-state index in [0.717, 1.165) is 32.4 Å². The first-order valence-electron chi connectivity index (χ1n) is 16.2. The zero-order chi connectivity index (χ0) is 25.7. The lowest BCUT2D eigenvalue weighted by atomic mass is 10.1. The number of rotatable bonds is 29. The van der Waals surface area contributed by atoms with E-state index in [9.17, 15) is 4.79 Å². The Labute approximate surface area is 221 Å². The van der Waals surface area contributed by atoms with Crippen LogP contribution in [-0.4, -0.2) is 24.1 Å². The number of hydroxylamine groups is 2. The molecular formula is C32H65NO2. The summed E-state index contributed by atoms with van der Waals surface area (Å²) in [6.07, 6.45) is 33.2. The van der Waals surface area contributed by atoms with E-state index < -0.39 is 0 Å². The van der Waals surface area contributed by atoms with Crippen molar-refractivity contribution < 1.29 is 9.63 Å². The Morgan fingerprint density at radius 2 is 0.714 bits per heavy atom. The molecule has 0 spiro atoms. The SMILES string of the molecule is CCCCCCCCCCCC(=O)ON(CCCCCCCCCC)CCCCCCCCCC. The second-order valence-electron chi connectivity index (χ2n) is 10.9. The smallest absolute Gasteiger partial charge is 0.325 e. The highest BCUT2D eigenvalue weighted by molar-refractivity contribution is 5.68. The number of hydrogen-bond donors (Lipinski definition) is 0. The summed E-state index contributed by atoms with van der Waals surface area (Å²) in [5.74, 6) is -0.00734. The fourth-order valence-corrected chi connectivity index (χ4v) is 4.82. The Bertz CT molecular complexity index is 392. The molecule has 0 aromatic heterocycles. The lowest BCUT2D eigenvalue weighted by molar-refractivity contribution is -0.191. The third-order valence-electron chi connectivity index (χ3n) is 7.24. The summed E-state index contributed by atoms with van der Waals surface area (Å²) in [6, 6.07) is 0. The molecule has 3 heteroatoms. The van der Waals surface area contributed by atoms with E-state index in [1.54, 1.807) is 0 Å². The first kappa shape index (κ1) is 34.4. The van der Waals surface area contributed by atoms with Gasteiger partial charge < -0.3 is 4.84 Å². The van der Waals surface area contributed by atoms with Gasteiger partial charge in [0.2, 0.25) is 0 Å². The molecule has 0 N–H and O–H groups in total. The number of carbonyl (C=O) groups excluding carboxylic acids is 1. The predicted molar refractivity (Wildman–Crippen MR) is 155 cm³/mol. The average Bonchev–Trinajstić information content (AvgIpc) is 2.86. The first-order chi connectivity index (χ1) is 17.2. The van der Waals surface area contributed by atoms with Crippen LogP contribution in [0.15, 0.2) is 0 Å². The van der Waals surface area contributed by atoms with Crippen molar-refractivity contribution in [2.75, 3.05) is 13.1 Å². The topological polar surface area (TPSA) is 29.5 Å². The molecule has 0 aliphatic rings. The zero-order valence-electron chi connectivity index (χ0n) is 24.6. The van der Waals surface area contributed by atoms with Gasteiger partial charge >= 0.3 is 5.97 Å². The predicted octanol–water partition coefficient (Wildman–Crippen LogP) is 10.9. The molecule has 0 atom stereocenters. The van der Waals surface area contributed by atoms with Crippen molar-refractivity contribution in [1.82, 2.24) is 5.06 Å². The van der Waals surface area contributed by atoms with Gasteiger partial charge in [-0.2, -0.15) is 0 Å². The van der Waals surface area contributed by atoms with Crippen LogP contribution >= 0.6 is 0 Å². The fraction of sp³-hybridized carbons (Fsp3) is 0.969. The standard InChI is InChI=1S/C32H65NO2/c1-4-7-10-13-16-19-20-23-26-29-32(34)35-33(30-27-24-21-17-14-11-8-5-2)31-28-25-22-18-15-12-9-6-3/h4-31H2,1-3H3. The molecule has 0 saturated heterocycles. The Morgan fingerprint density at radius 3 is 1.06 bits per heavy atom. The molecular weight excluding hydrogens is 430 g/mol. The van der Waals surface area contributed by atoms with E-state index in [2.05, 4.69) is 20.8 Å². The highest BCUT2D eigenvalue weighted by Gasteiger charge is 2.11. The van der Waals surface area contributed by atoms with Gasteiger partial charge in [-0.25, -0.2) is 0 Å². The van der Waals surface area contributed by atoms with Gasteiger partial charge in [0.1, 0.15) is 0 Å². The summed E-state index contributed by atoms with van der Waals surface area (Å²) >= 11 is 0. The van der Waals surface area contributed by atoms with Gasteiger partial charge in [0.05, 0.1) is 0 Å². The summed E-state index contributed by atoms with van der Waals surface area (Å²) in [6.45, 7) is 8.64. The second-order valence-corrected chi connectivity index (χ2v) is 10.9. The third-order valence-corrected chi connectivity index (χ3v) is 7.24. The fourth-order valence-electron chi connectivity index (χ4n) is 4.82. The average molecular weight is 496 g/mol. The largest absolute Gasteiger partial charge is 0.368 e. The molecule has 3 nitrogen and oxygen atoms in total. The van der Waals surface area contributed by atoms with Gasteiger partial charge in [0, 0.05) is 19.5 Å². The molecule has 0 bridgehead atoms. The summed E-state index contributed by atoms with van der Waals surface area (Å²) < 4.78 is 0. The highest BCUT2D eigenvalue weighted by atomic mass is 16.7. The third kappa shape index (κ3) is 27.9. The van der Waals surface area contributed by atoms with E-state index in [1.807, 2.05) is 5.06 Å². The van der Waals surface area contributed by atoms with E-state index in [0.29, 0.717) is 6.42 Å². The molecule has 0 radical (unpaired) electrons. The van der Waals surface area contributed by atoms with Crippen LogP contribution in [0.2, 0.25) is 0 Å². The van der Waals surface area contributed by atoms with Crippen molar-refractivity contribution in [2.45, 2.75) is 188 Å². The summed E-state index contributed by atoms with van der Waals surface area (Å²) in [5.41, 5.74) is 0. The van der Waals surface area contributed by atoms with E-state index >= 15 is 0 Å². The van der Waals surface area contributed by atoms with E-state index in [-0.39, 0.29) is 5.97 Å². The molecule has 210 valence electrons. The van der Waals surface area contributed by atoms with Crippen molar-refractivity contribution in [2.24, 2.45) is 0 Å². The maximum Gasteiger partial charge on any atom is 0.325 e. The van der Waals surface area contributed by atoms with Crippen LogP contribution in [0, 0.1) is 0 Å². The molecule has 0 saturated carbocycles. The normalized spacial score (nSPS) is 11.4. The van der Waals surface area contributed by atoms with Crippen molar-refractivity contribution in [3.05, 3.63) is 0 Å². The Balaban J connectivity index is 4.01. The van der Waals surface area contributed by atoms with Crippen molar-refractivity contribution >= 4 is 5.97 Å². The maximum atomic E-state index is 12.5. The molecule has 0 aliphatic carbocycles. The van der Waals surface area contributed by atoms with Gasteiger partial charge in [0.25, 0.3) is 0 Å². The molecule has 0 aliphatic heterocycles. The monoisotopic (exact) mass is 496 g/mol. The minimum absolute atomic E-state index is 0.00734. The van der Waals surface area contributed by atoms with Crippen molar-refractivity contribution in [1.29, 1.82) is 0 Å². The van der Waals surface area contributed by atoms with Crippen LogP contribution in [0.5, 0.6) is 0 Å². The molecule has 0 amide bonds. The van der Waals surface area contributed by atoms with Crippen LogP contribution in [0.1, 0.15) is 188 Å². The molecule has 0 unspecified atom stereocenters. The second kappa shape index (κ2) is 29.7. The van der Waals surface area contributed by atoms with Crippen LogP contribution in [0.4, 0.5) is 0 Å². The first-order valence-corrected chi connectivity index (χ1v) is 16.2. The molecule has 0 heterocycles. The van der Waals surface area contributed by atoms with Gasteiger partial charge in [-0.3, -0.25) is 4.79 Å². The van der Waals surface area contributed by atoms with Crippen LogP contribution < -0.4 is 0 Å². The minimum atomic E-state index is -0.00734. The van der Waals surface area contributed by atoms with Gasteiger partial charge in [-0.15, -0.1) is 5.06 Å². The lowest BCUT2D eigenvalue weighted by Gasteiger charge is -2.21. The number of carbonyl (C=O) groups is 1. The quantitative estimate of drug-likeness (QED) is 0.0763. The Kier molecular flexibility index (Phi) is 29.2. The summed E-state index contributed by atoms with van der Waals surface area (Å²) in [7, 11) is 0. The minimum Gasteiger partial charge on any atom is -0.368 e. The Hall–Kier alpha value is -0.570. The summed E-state index contributed by atoms with van der Waals surface area (Å²) in [4.78, 5) is 18.3. The van der Waals surface area contributed by atoms with Gasteiger partial charge in [-0.05, 0) is 19.3 Å². The van der Waals surface area contributed by atoms with Crippen molar-refractivity contribution in [3.63, 3.8) is 0 Å².